The lowest BCUT2D eigenvalue weighted by atomic mass is 10.3. The molecule has 0 aliphatic carbocycles. The number of hydrogen-bond acceptors (Lipinski definition) is 3. The van der Waals surface area contributed by atoms with Crippen molar-refractivity contribution in [2.75, 3.05) is 6.61 Å². The molecule has 11 heavy (non-hydrogen) atoms. The van der Waals surface area contributed by atoms with Gasteiger partial charge in [-0.2, -0.15) is 5.26 Å². The zero-order valence-corrected chi connectivity index (χ0v) is 6.90. The smallest absolute Gasteiger partial charge is 0.0695 e. The molecule has 0 aliphatic heterocycles. The van der Waals surface area contributed by atoms with Crippen molar-refractivity contribution in [1.29, 1.82) is 5.26 Å². The molecule has 0 aromatic carbocycles. The molecule has 58 valence electrons. The first-order chi connectivity index (χ1) is 5.36. The zero-order valence-electron chi connectivity index (χ0n) is 6.08. The second kappa shape index (κ2) is 4.12. The van der Waals surface area contributed by atoms with Crippen LogP contribution in [0.4, 0.5) is 0 Å². The molecule has 0 atom stereocenters. The maximum absolute atomic E-state index is 8.60. The Morgan fingerprint density at radius 2 is 2.18 bits per heavy atom. The quantitative estimate of drug-likeness (QED) is 0.738. The van der Waals surface area contributed by atoms with Gasteiger partial charge in [0.1, 0.15) is 0 Å². The van der Waals surface area contributed by atoms with Crippen molar-refractivity contribution in [3.63, 3.8) is 0 Å². The number of aliphatic hydroxyl groups excluding tert-OH is 1. The molecule has 0 unspecified atom stereocenters. The number of thiophene rings is 1. The van der Waals surface area contributed by atoms with Crippen molar-refractivity contribution in [3.8, 4) is 6.07 Å². The Balaban J connectivity index is 2.60. The molecule has 1 N–H and O–H groups in total. The summed E-state index contributed by atoms with van der Waals surface area (Å²) in [6.07, 6.45) is 1.19. The number of hydrogen-bond donors (Lipinski definition) is 1. The van der Waals surface area contributed by atoms with Crippen LogP contribution in [-0.4, -0.2) is 11.7 Å². The fraction of sp³-hybridized carbons (Fsp3) is 0.375. The van der Waals surface area contributed by atoms with E-state index >= 15 is 0 Å². The van der Waals surface area contributed by atoms with Crippen molar-refractivity contribution >= 4 is 11.3 Å². The predicted molar refractivity (Wildman–Crippen MR) is 44.4 cm³/mol. The van der Waals surface area contributed by atoms with Crippen LogP contribution in [0.25, 0.3) is 0 Å². The molecule has 2 nitrogen and oxygen atoms in total. The van der Waals surface area contributed by atoms with Crippen LogP contribution >= 0.6 is 11.3 Å². The summed E-state index contributed by atoms with van der Waals surface area (Å²) in [5.74, 6) is 0. The molecule has 0 saturated carbocycles. The summed E-state index contributed by atoms with van der Waals surface area (Å²) in [5, 5.41) is 17.0. The molecule has 1 aromatic rings. The topological polar surface area (TPSA) is 44.0 Å². The van der Waals surface area contributed by atoms with Gasteiger partial charge in [-0.3, -0.25) is 0 Å². The summed E-state index contributed by atoms with van der Waals surface area (Å²) >= 11 is 1.60. The minimum Gasteiger partial charge on any atom is -0.396 e. The monoisotopic (exact) mass is 167 g/mol. The summed E-state index contributed by atoms with van der Waals surface area (Å²) in [6.45, 7) is 0.187. The molecule has 1 rings (SSSR count). The van der Waals surface area contributed by atoms with E-state index in [2.05, 4.69) is 6.07 Å². The molecule has 0 saturated heterocycles. The molecular weight excluding hydrogens is 158 g/mol. The van der Waals surface area contributed by atoms with Gasteiger partial charge in [-0.15, -0.1) is 11.3 Å². The Morgan fingerprint density at radius 1 is 1.45 bits per heavy atom. The largest absolute Gasteiger partial charge is 0.396 e. The highest BCUT2D eigenvalue weighted by Gasteiger charge is 1.97. The molecule has 0 fully saturated rings. The standard InChI is InChI=1S/C8H9NOS/c9-5-3-7-1-2-8(11-7)4-6-10/h1-2,10H,3-4,6H2. The van der Waals surface area contributed by atoms with Crippen LogP contribution in [0.3, 0.4) is 0 Å². The van der Waals surface area contributed by atoms with Gasteiger partial charge in [0.25, 0.3) is 0 Å². The van der Waals surface area contributed by atoms with E-state index < -0.39 is 0 Å². The first kappa shape index (κ1) is 8.25. The third kappa shape index (κ3) is 2.34. The fourth-order valence-corrected chi connectivity index (χ4v) is 1.78. The first-order valence-corrected chi connectivity index (χ1v) is 4.24. The molecule has 0 spiro atoms. The van der Waals surface area contributed by atoms with Gasteiger partial charge >= 0.3 is 0 Å². The first-order valence-electron chi connectivity index (χ1n) is 3.42. The molecule has 0 bridgehead atoms. The molecule has 0 amide bonds. The highest BCUT2D eigenvalue weighted by molar-refractivity contribution is 7.12. The maximum Gasteiger partial charge on any atom is 0.0695 e. The summed E-state index contributed by atoms with van der Waals surface area (Å²) < 4.78 is 0. The van der Waals surface area contributed by atoms with Gasteiger partial charge in [-0.1, -0.05) is 0 Å². The van der Waals surface area contributed by atoms with E-state index in [-0.39, 0.29) is 6.61 Å². The van der Waals surface area contributed by atoms with Crippen molar-refractivity contribution in [1.82, 2.24) is 0 Å². The molecule has 0 radical (unpaired) electrons. The highest BCUT2D eigenvalue weighted by atomic mass is 32.1. The van der Waals surface area contributed by atoms with Crippen LogP contribution < -0.4 is 0 Å². The molecule has 1 aromatic heterocycles. The van der Waals surface area contributed by atoms with Crippen LogP contribution in [0.5, 0.6) is 0 Å². The summed E-state index contributed by atoms with van der Waals surface area (Å²) in [5.41, 5.74) is 0. The Morgan fingerprint density at radius 3 is 2.82 bits per heavy atom. The Kier molecular flexibility index (Phi) is 3.09. The third-order valence-corrected chi connectivity index (χ3v) is 2.47. The predicted octanol–water partition coefficient (Wildman–Crippen LogP) is 1.35. The van der Waals surface area contributed by atoms with Gasteiger partial charge in [-0.25, -0.2) is 0 Å². The van der Waals surface area contributed by atoms with E-state index in [0.29, 0.717) is 12.8 Å². The van der Waals surface area contributed by atoms with E-state index in [0.717, 1.165) is 9.75 Å². The number of aliphatic hydroxyl groups is 1. The van der Waals surface area contributed by atoms with Crippen molar-refractivity contribution < 1.29 is 5.11 Å². The van der Waals surface area contributed by atoms with Crippen LogP contribution in [0.15, 0.2) is 12.1 Å². The number of nitriles is 1. The van der Waals surface area contributed by atoms with E-state index in [4.69, 9.17) is 10.4 Å². The van der Waals surface area contributed by atoms with Crippen molar-refractivity contribution in [2.45, 2.75) is 12.8 Å². The van der Waals surface area contributed by atoms with E-state index in [1.165, 1.54) is 0 Å². The molecule has 0 aliphatic rings. The van der Waals surface area contributed by atoms with Crippen LogP contribution in [0.1, 0.15) is 9.75 Å². The van der Waals surface area contributed by atoms with Gasteiger partial charge < -0.3 is 5.11 Å². The molecule has 1 heterocycles. The number of nitrogens with zero attached hydrogens (tertiary/aromatic N) is 1. The van der Waals surface area contributed by atoms with Gasteiger partial charge in [0.15, 0.2) is 0 Å². The Labute approximate surface area is 69.7 Å². The van der Waals surface area contributed by atoms with Crippen LogP contribution in [0.2, 0.25) is 0 Å². The van der Waals surface area contributed by atoms with Crippen LogP contribution in [-0.2, 0) is 12.8 Å². The second-order valence-corrected chi connectivity index (χ2v) is 3.43. The number of rotatable bonds is 3. The summed E-state index contributed by atoms with van der Waals surface area (Å²) in [4.78, 5) is 2.23. The van der Waals surface area contributed by atoms with E-state index in [1.807, 2.05) is 12.1 Å². The van der Waals surface area contributed by atoms with E-state index in [1.54, 1.807) is 11.3 Å². The SMILES string of the molecule is N#CCc1ccc(CCO)s1. The third-order valence-electron chi connectivity index (χ3n) is 1.33. The Bertz CT molecular complexity index is 261. The second-order valence-electron chi connectivity index (χ2n) is 2.18. The van der Waals surface area contributed by atoms with Gasteiger partial charge in [0, 0.05) is 22.8 Å². The highest BCUT2D eigenvalue weighted by Crippen LogP contribution is 2.16. The fourth-order valence-electron chi connectivity index (χ4n) is 0.840. The minimum atomic E-state index is 0.187. The van der Waals surface area contributed by atoms with E-state index in [9.17, 15) is 0 Å². The zero-order chi connectivity index (χ0) is 8.10. The van der Waals surface area contributed by atoms with Crippen LogP contribution in [0, 0.1) is 11.3 Å². The van der Waals surface area contributed by atoms with Gasteiger partial charge in [0.05, 0.1) is 12.5 Å². The minimum absolute atomic E-state index is 0.187. The molecule has 3 heteroatoms. The molecular formula is C8H9NOS. The lowest BCUT2D eigenvalue weighted by Crippen LogP contribution is -1.84. The van der Waals surface area contributed by atoms with Crippen molar-refractivity contribution in [3.05, 3.63) is 21.9 Å². The summed E-state index contributed by atoms with van der Waals surface area (Å²) in [6, 6.07) is 6.00. The van der Waals surface area contributed by atoms with Gasteiger partial charge in [0.2, 0.25) is 0 Å². The van der Waals surface area contributed by atoms with Crippen molar-refractivity contribution in [2.24, 2.45) is 0 Å². The lowest BCUT2D eigenvalue weighted by Gasteiger charge is -1.87. The maximum atomic E-state index is 8.60. The summed E-state index contributed by atoms with van der Waals surface area (Å²) in [7, 11) is 0. The average molecular weight is 167 g/mol. The lowest BCUT2D eigenvalue weighted by molar-refractivity contribution is 0.300. The van der Waals surface area contributed by atoms with Gasteiger partial charge in [-0.05, 0) is 12.1 Å². The Hall–Kier alpha value is -0.850. The normalized spacial score (nSPS) is 9.45. The average Bonchev–Trinajstić information content (AvgIpc) is 2.38.